The number of carbonyl (C=O) groups excluding carboxylic acids is 1. The molecule has 0 fully saturated rings. The Bertz CT molecular complexity index is 962. The molecule has 29 heavy (non-hydrogen) atoms. The summed E-state index contributed by atoms with van der Waals surface area (Å²) in [5.74, 6) is -0.366. The Morgan fingerprint density at radius 2 is 2.00 bits per heavy atom. The number of nitrogens with zero attached hydrogens (tertiary/aromatic N) is 3. The van der Waals surface area contributed by atoms with Gasteiger partial charge in [0, 0.05) is 37.3 Å². The van der Waals surface area contributed by atoms with Crippen molar-refractivity contribution < 1.29 is 9.53 Å². The van der Waals surface area contributed by atoms with Crippen molar-refractivity contribution in [1.82, 2.24) is 30.9 Å². The third kappa shape index (κ3) is 5.37. The van der Waals surface area contributed by atoms with Crippen molar-refractivity contribution in [2.45, 2.75) is 13.0 Å². The van der Waals surface area contributed by atoms with Crippen LogP contribution in [0, 0.1) is 0 Å². The van der Waals surface area contributed by atoms with Crippen LogP contribution in [0.3, 0.4) is 0 Å². The predicted octanol–water partition coefficient (Wildman–Crippen LogP) is 2.08. The number of amides is 1. The number of hydrogen-bond donors (Lipinski definition) is 3. The van der Waals surface area contributed by atoms with Gasteiger partial charge >= 0.3 is 0 Å². The van der Waals surface area contributed by atoms with E-state index in [2.05, 4.69) is 26.3 Å². The van der Waals surface area contributed by atoms with Crippen LogP contribution in [-0.2, 0) is 4.74 Å². The number of hydrogen-bond acceptors (Lipinski definition) is 5. The number of para-hydroxylation sites is 1. The molecule has 0 saturated heterocycles. The zero-order chi connectivity index (χ0) is 20.6. The van der Waals surface area contributed by atoms with Crippen molar-refractivity contribution in [2.24, 2.45) is 0 Å². The van der Waals surface area contributed by atoms with E-state index in [-0.39, 0.29) is 11.9 Å². The van der Waals surface area contributed by atoms with E-state index >= 15 is 0 Å². The lowest BCUT2D eigenvalue weighted by molar-refractivity contribution is 0.0944. The van der Waals surface area contributed by atoms with Crippen LogP contribution in [0.5, 0.6) is 0 Å². The Hall–Kier alpha value is -3.30. The highest BCUT2D eigenvalue weighted by Gasteiger charge is 2.19. The molecule has 3 N–H and O–H groups in total. The monoisotopic (exact) mass is 410 g/mol. The predicted molar refractivity (Wildman–Crippen MR) is 114 cm³/mol. The number of rotatable bonds is 6. The smallest absolute Gasteiger partial charge is 0.273 e. The maximum absolute atomic E-state index is 12.8. The minimum Gasteiger partial charge on any atom is -0.383 e. The molecule has 3 aromatic rings. The fourth-order valence-electron chi connectivity index (χ4n) is 2.70. The lowest BCUT2D eigenvalue weighted by Gasteiger charge is -2.16. The molecule has 8 nitrogen and oxygen atoms in total. The van der Waals surface area contributed by atoms with Crippen LogP contribution >= 0.6 is 12.2 Å². The minimum atomic E-state index is -0.366. The number of benzene rings is 1. The van der Waals surface area contributed by atoms with Gasteiger partial charge in [-0.15, -0.1) is 0 Å². The largest absolute Gasteiger partial charge is 0.383 e. The Kier molecular flexibility index (Phi) is 6.88. The lowest BCUT2D eigenvalue weighted by Crippen LogP contribution is -2.50. The van der Waals surface area contributed by atoms with E-state index in [9.17, 15) is 4.79 Å². The van der Waals surface area contributed by atoms with Gasteiger partial charge in [0.25, 0.3) is 5.91 Å². The van der Waals surface area contributed by atoms with Gasteiger partial charge in [-0.05, 0) is 43.4 Å². The van der Waals surface area contributed by atoms with Crippen LogP contribution in [-0.4, -0.2) is 45.5 Å². The van der Waals surface area contributed by atoms with Crippen LogP contribution < -0.4 is 16.2 Å². The fourth-order valence-corrected chi connectivity index (χ4v) is 2.95. The molecule has 0 aliphatic heterocycles. The molecule has 150 valence electrons. The van der Waals surface area contributed by atoms with Crippen molar-refractivity contribution >= 4 is 23.2 Å². The number of methoxy groups -OCH3 is 1. The number of nitrogens with one attached hydrogen (secondary N) is 3. The standard InChI is InChI=1S/C20H22N6O2S/c1-14(13-28-2)22-20(29)24-23-19(27)17-12-26(16-8-4-3-5-9-16)25-18(17)15-7-6-10-21-11-15/h3-12,14H,13H2,1-2H3,(H,23,27)(H2,22,24,29)/t14-/m0/s1. The molecule has 3 rings (SSSR count). The van der Waals surface area contributed by atoms with Gasteiger partial charge in [0.2, 0.25) is 0 Å². The number of thiocarbonyl (C=S) groups is 1. The Morgan fingerprint density at radius 3 is 2.69 bits per heavy atom. The summed E-state index contributed by atoms with van der Waals surface area (Å²) in [5, 5.41) is 7.90. The highest BCUT2D eigenvalue weighted by Crippen LogP contribution is 2.22. The fraction of sp³-hybridized carbons (Fsp3) is 0.200. The number of aromatic nitrogens is 3. The van der Waals surface area contributed by atoms with Gasteiger partial charge in [0.1, 0.15) is 5.69 Å². The van der Waals surface area contributed by atoms with Gasteiger partial charge in [0.15, 0.2) is 5.11 Å². The van der Waals surface area contributed by atoms with E-state index in [1.807, 2.05) is 43.3 Å². The lowest BCUT2D eigenvalue weighted by atomic mass is 10.1. The van der Waals surface area contributed by atoms with E-state index in [0.29, 0.717) is 23.0 Å². The maximum Gasteiger partial charge on any atom is 0.273 e. The molecule has 9 heteroatoms. The van der Waals surface area contributed by atoms with Crippen LogP contribution in [0.1, 0.15) is 17.3 Å². The normalized spacial score (nSPS) is 11.5. The molecule has 0 unspecified atom stereocenters. The molecule has 1 atom stereocenters. The molecule has 0 aliphatic carbocycles. The summed E-state index contributed by atoms with van der Waals surface area (Å²) in [5.41, 5.74) is 7.82. The second kappa shape index (κ2) is 9.76. The summed E-state index contributed by atoms with van der Waals surface area (Å²) in [7, 11) is 1.61. The van der Waals surface area contributed by atoms with Crippen LogP contribution in [0.25, 0.3) is 16.9 Å². The van der Waals surface area contributed by atoms with Crippen molar-refractivity contribution in [3.63, 3.8) is 0 Å². The van der Waals surface area contributed by atoms with Gasteiger partial charge in [0.05, 0.1) is 17.9 Å². The van der Waals surface area contributed by atoms with Crippen molar-refractivity contribution in [1.29, 1.82) is 0 Å². The second-order valence-corrected chi connectivity index (χ2v) is 6.73. The quantitative estimate of drug-likeness (QED) is 0.423. The zero-order valence-corrected chi connectivity index (χ0v) is 16.9. The van der Waals surface area contributed by atoms with Gasteiger partial charge in [-0.1, -0.05) is 18.2 Å². The topological polar surface area (TPSA) is 93.1 Å². The third-order valence-electron chi connectivity index (χ3n) is 4.00. The van der Waals surface area contributed by atoms with Gasteiger partial charge in [-0.3, -0.25) is 20.6 Å². The molecule has 0 bridgehead atoms. The van der Waals surface area contributed by atoms with E-state index < -0.39 is 0 Å². The average molecular weight is 411 g/mol. The number of hydrazine groups is 1. The molecule has 0 radical (unpaired) electrons. The molecule has 2 heterocycles. The number of ether oxygens (including phenoxy) is 1. The molecule has 1 amide bonds. The molecule has 0 saturated carbocycles. The third-order valence-corrected chi connectivity index (χ3v) is 4.22. The zero-order valence-electron chi connectivity index (χ0n) is 16.1. The maximum atomic E-state index is 12.8. The average Bonchev–Trinajstić information content (AvgIpc) is 3.19. The first kappa shape index (κ1) is 20.4. The Morgan fingerprint density at radius 1 is 1.21 bits per heavy atom. The van der Waals surface area contributed by atoms with Crippen LogP contribution in [0.2, 0.25) is 0 Å². The molecular formula is C20H22N6O2S. The molecular weight excluding hydrogens is 388 g/mol. The number of carbonyl (C=O) groups is 1. The van der Waals surface area contributed by atoms with Gasteiger partial charge < -0.3 is 10.1 Å². The minimum absolute atomic E-state index is 0.00341. The summed E-state index contributed by atoms with van der Waals surface area (Å²) in [6.07, 6.45) is 5.02. The summed E-state index contributed by atoms with van der Waals surface area (Å²) < 4.78 is 6.72. The molecule has 0 aliphatic rings. The summed E-state index contributed by atoms with van der Waals surface area (Å²) in [6, 6.07) is 13.2. The van der Waals surface area contributed by atoms with Crippen molar-refractivity contribution in [3.05, 3.63) is 66.6 Å². The molecule has 2 aromatic heterocycles. The van der Waals surface area contributed by atoms with Crippen LogP contribution in [0.4, 0.5) is 0 Å². The van der Waals surface area contributed by atoms with Crippen molar-refractivity contribution in [2.75, 3.05) is 13.7 Å². The first-order valence-electron chi connectivity index (χ1n) is 8.99. The van der Waals surface area contributed by atoms with Gasteiger partial charge in [-0.25, -0.2) is 4.68 Å². The number of pyridine rings is 1. The summed E-state index contributed by atoms with van der Waals surface area (Å²) in [6.45, 7) is 2.41. The Balaban J connectivity index is 1.80. The van der Waals surface area contributed by atoms with E-state index in [4.69, 9.17) is 17.0 Å². The Labute approximate surface area is 174 Å². The summed E-state index contributed by atoms with van der Waals surface area (Å²) in [4.78, 5) is 17.0. The van der Waals surface area contributed by atoms with E-state index in [1.165, 1.54) is 0 Å². The highest BCUT2D eigenvalue weighted by atomic mass is 32.1. The molecule has 1 aromatic carbocycles. The second-order valence-electron chi connectivity index (χ2n) is 6.32. The first-order chi connectivity index (χ1) is 14.1. The molecule has 0 spiro atoms. The van der Waals surface area contributed by atoms with Crippen molar-refractivity contribution in [3.8, 4) is 16.9 Å². The SMILES string of the molecule is COC[C@H](C)NC(=S)NNC(=O)c1cn(-c2ccccc2)nc1-c1cccnc1. The van der Waals surface area contributed by atoms with E-state index in [1.54, 1.807) is 36.4 Å². The van der Waals surface area contributed by atoms with Crippen LogP contribution in [0.15, 0.2) is 61.1 Å². The van der Waals surface area contributed by atoms with E-state index in [0.717, 1.165) is 11.3 Å². The van der Waals surface area contributed by atoms with Gasteiger partial charge in [-0.2, -0.15) is 5.10 Å². The summed E-state index contributed by atoms with van der Waals surface area (Å²) >= 11 is 5.20. The highest BCUT2D eigenvalue weighted by molar-refractivity contribution is 7.80. The first-order valence-corrected chi connectivity index (χ1v) is 9.40.